The summed E-state index contributed by atoms with van der Waals surface area (Å²) in [5.41, 5.74) is -1.35. The Morgan fingerprint density at radius 2 is 1.95 bits per heavy atom. The van der Waals surface area contributed by atoms with Crippen molar-refractivity contribution in [3.05, 3.63) is 11.6 Å². The normalized spacial score (nSPS) is 28.2. The standard InChI is InChI=1S/C15H21NO4/c1-14(9-11(10-16-14)12(18)5-8-17)15(13(19)20)6-3-2-4-7-15/h9-10,17H,2-8H2,1H3,(H,19,20). The zero-order valence-corrected chi connectivity index (χ0v) is 11.8. The topological polar surface area (TPSA) is 87.0 Å². The lowest BCUT2D eigenvalue weighted by Crippen LogP contribution is -2.49. The van der Waals surface area contributed by atoms with Crippen LogP contribution >= 0.6 is 0 Å². The van der Waals surface area contributed by atoms with Crippen LogP contribution in [0.1, 0.15) is 45.4 Å². The van der Waals surface area contributed by atoms with E-state index in [1.54, 1.807) is 13.0 Å². The molecule has 0 amide bonds. The van der Waals surface area contributed by atoms with Crippen LogP contribution in [0.15, 0.2) is 16.6 Å². The first-order valence-electron chi connectivity index (χ1n) is 7.11. The van der Waals surface area contributed by atoms with Crippen molar-refractivity contribution in [2.45, 2.75) is 51.0 Å². The molecule has 1 saturated carbocycles. The number of carboxylic acid groups (broad SMARTS) is 1. The number of aliphatic hydroxyl groups excluding tert-OH is 1. The summed E-state index contributed by atoms with van der Waals surface area (Å²) in [6.45, 7) is 1.59. The van der Waals surface area contributed by atoms with Gasteiger partial charge < -0.3 is 10.2 Å². The molecule has 0 aromatic rings. The van der Waals surface area contributed by atoms with E-state index in [2.05, 4.69) is 4.99 Å². The lowest BCUT2D eigenvalue weighted by atomic mass is 9.62. The van der Waals surface area contributed by atoms with Crippen molar-refractivity contribution < 1.29 is 19.8 Å². The van der Waals surface area contributed by atoms with Gasteiger partial charge in [-0.1, -0.05) is 19.3 Å². The van der Waals surface area contributed by atoms with Gasteiger partial charge in [0.05, 0.1) is 17.6 Å². The minimum Gasteiger partial charge on any atom is -0.481 e. The molecule has 5 nitrogen and oxygen atoms in total. The Bertz CT molecular complexity index is 474. The van der Waals surface area contributed by atoms with Gasteiger partial charge in [-0.05, 0) is 25.8 Å². The van der Waals surface area contributed by atoms with E-state index in [1.807, 2.05) is 0 Å². The average Bonchev–Trinajstić information content (AvgIpc) is 2.84. The molecule has 1 atom stereocenters. The second-order valence-electron chi connectivity index (χ2n) is 5.85. The van der Waals surface area contributed by atoms with Crippen LogP contribution in [-0.2, 0) is 9.59 Å². The molecule has 0 saturated heterocycles. The third kappa shape index (κ3) is 2.30. The Kier molecular flexibility index (Phi) is 4.09. The molecule has 20 heavy (non-hydrogen) atoms. The Morgan fingerprint density at radius 1 is 1.30 bits per heavy atom. The number of rotatable bonds is 5. The summed E-state index contributed by atoms with van der Waals surface area (Å²) in [4.78, 5) is 28.0. The minimum absolute atomic E-state index is 0.0496. The van der Waals surface area contributed by atoms with Gasteiger partial charge in [-0.2, -0.15) is 0 Å². The lowest BCUT2D eigenvalue weighted by Gasteiger charge is -2.42. The fraction of sp³-hybridized carbons (Fsp3) is 0.667. The summed E-state index contributed by atoms with van der Waals surface area (Å²) in [5.74, 6) is -1.01. The van der Waals surface area contributed by atoms with E-state index < -0.39 is 16.9 Å². The first-order valence-corrected chi connectivity index (χ1v) is 7.11. The number of carbonyl (C=O) groups excluding carboxylic acids is 1. The summed E-state index contributed by atoms with van der Waals surface area (Å²) in [6, 6.07) is 0. The first kappa shape index (κ1) is 14.9. The van der Waals surface area contributed by atoms with E-state index in [1.165, 1.54) is 6.21 Å². The number of Topliss-reactive ketones (excluding diaryl/α,β-unsaturated/α-hetero) is 1. The van der Waals surface area contributed by atoms with Gasteiger partial charge in [0.25, 0.3) is 0 Å². The number of aliphatic carboxylic acids is 1. The highest BCUT2D eigenvalue weighted by Gasteiger charge is 2.54. The average molecular weight is 279 g/mol. The predicted octanol–water partition coefficient (Wildman–Crippen LogP) is 1.74. The van der Waals surface area contributed by atoms with Gasteiger partial charge in [-0.15, -0.1) is 0 Å². The van der Waals surface area contributed by atoms with Crippen molar-refractivity contribution in [1.82, 2.24) is 0 Å². The van der Waals surface area contributed by atoms with Crippen molar-refractivity contribution in [1.29, 1.82) is 0 Å². The SMILES string of the molecule is CC1(C2(C(=O)O)CCCCC2)C=C(C(=O)CCO)C=N1. The molecule has 110 valence electrons. The number of ketones is 1. The number of aliphatic hydroxyl groups is 1. The van der Waals surface area contributed by atoms with Gasteiger partial charge >= 0.3 is 5.97 Å². The van der Waals surface area contributed by atoms with E-state index in [-0.39, 0.29) is 18.8 Å². The summed E-state index contributed by atoms with van der Waals surface area (Å²) < 4.78 is 0. The number of hydrogen-bond acceptors (Lipinski definition) is 4. The van der Waals surface area contributed by atoms with E-state index >= 15 is 0 Å². The maximum atomic E-state index is 11.8. The second-order valence-corrected chi connectivity index (χ2v) is 5.85. The number of carboxylic acids is 1. The maximum absolute atomic E-state index is 11.8. The van der Waals surface area contributed by atoms with Gasteiger partial charge in [0.15, 0.2) is 5.78 Å². The summed E-state index contributed by atoms with van der Waals surface area (Å²) in [7, 11) is 0. The summed E-state index contributed by atoms with van der Waals surface area (Å²) in [6.07, 6.45) is 7.20. The molecule has 2 aliphatic rings. The number of nitrogens with zero attached hydrogens (tertiary/aromatic N) is 1. The molecule has 0 spiro atoms. The largest absolute Gasteiger partial charge is 0.481 e. The molecule has 1 unspecified atom stereocenters. The Balaban J connectivity index is 2.33. The van der Waals surface area contributed by atoms with Gasteiger partial charge in [0.1, 0.15) is 0 Å². The number of hydrogen-bond donors (Lipinski definition) is 2. The van der Waals surface area contributed by atoms with E-state index in [0.717, 1.165) is 19.3 Å². The molecular weight excluding hydrogens is 258 g/mol. The fourth-order valence-corrected chi connectivity index (χ4v) is 3.33. The Morgan fingerprint density at radius 3 is 2.50 bits per heavy atom. The monoisotopic (exact) mass is 279 g/mol. The molecule has 0 aromatic heterocycles. The van der Waals surface area contributed by atoms with Crippen LogP contribution < -0.4 is 0 Å². The molecule has 5 heteroatoms. The highest BCUT2D eigenvalue weighted by molar-refractivity contribution is 6.15. The molecule has 2 N–H and O–H groups in total. The predicted molar refractivity (Wildman–Crippen MR) is 74.8 cm³/mol. The van der Waals surface area contributed by atoms with Crippen LogP contribution in [-0.4, -0.2) is 40.3 Å². The van der Waals surface area contributed by atoms with Crippen molar-refractivity contribution >= 4 is 18.0 Å². The molecule has 1 aliphatic carbocycles. The van der Waals surface area contributed by atoms with Crippen LogP contribution in [0.3, 0.4) is 0 Å². The van der Waals surface area contributed by atoms with Crippen molar-refractivity contribution in [3.63, 3.8) is 0 Å². The molecule has 1 heterocycles. The summed E-state index contributed by atoms with van der Waals surface area (Å²) >= 11 is 0. The van der Waals surface area contributed by atoms with Crippen LogP contribution in [0.2, 0.25) is 0 Å². The van der Waals surface area contributed by atoms with Crippen molar-refractivity contribution in [3.8, 4) is 0 Å². The molecule has 1 aliphatic heterocycles. The smallest absolute Gasteiger partial charge is 0.312 e. The van der Waals surface area contributed by atoms with Gasteiger partial charge in [-0.3, -0.25) is 14.6 Å². The number of aliphatic imine (C=N–C) groups is 1. The maximum Gasteiger partial charge on any atom is 0.312 e. The third-order valence-electron chi connectivity index (χ3n) is 4.65. The Hall–Kier alpha value is -1.49. The molecule has 0 bridgehead atoms. The molecule has 0 aromatic carbocycles. The van der Waals surface area contributed by atoms with Crippen molar-refractivity contribution in [2.24, 2.45) is 10.4 Å². The Labute approximate surface area is 118 Å². The zero-order chi connectivity index (χ0) is 14.8. The fourth-order valence-electron chi connectivity index (χ4n) is 3.33. The van der Waals surface area contributed by atoms with Gasteiger partial charge in [0.2, 0.25) is 0 Å². The molecule has 2 rings (SSSR count). The minimum atomic E-state index is -0.914. The van der Waals surface area contributed by atoms with Crippen LogP contribution in [0, 0.1) is 5.41 Å². The molecule has 0 radical (unpaired) electrons. The van der Waals surface area contributed by atoms with Gasteiger partial charge in [-0.25, -0.2) is 0 Å². The van der Waals surface area contributed by atoms with Crippen LogP contribution in [0.5, 0.6) is 0 Å². The van der Waals surface area contributed by atoms with Crippen LogP contribution in [0.4, 0.5) is 0 Å². The summed E-state index contributed by atoms with van der Waals surface area (Å²) in [5, 5.41) is 18.5. The number of carbonyl (C=O) groups is 2. The zero-order valence-electron chi connectivity index (χ0n) is 11.8. The first-order chi connectivity index (χ1) is 9.45. The third-order valence-corrected chi connectivity index (χ3v) is 4.65. The van der Waals surface area contributed by atoms with E-state index in [9.17, 15) is 14.7 Å². The quantitative estimate of drug-likeness (QED) is 0.802. The lowest BCUT2D eigenvalue weighted by molar-refractivity contribution is -0.154. The van der Waals surface area contributed by atoms with Crippen molar-refractivity contribution in [2.75, 3.05) is 6.61 Å². The second kappa shape index (κ2) is 5.48. The van der Waals surface area contributed by atoms with E-state index in [4.69, 9.17) is 5.11 Å². The van der Waals surface area contributed by atoms with Gasteiger partial charge in [0, 0.05) is 18.2 Å². The van der Waals surface area contributed by atoms with Crippen LogP contribution in [0.25, 0.3) is 0 Å². The highest BCUT2D eigenvalue weighted by Crippen LogP contribution is 2.49. The number of allylic oxidation sites excluding steroid dienone is 1. The highest BCUT2D eigenvalue weighted by atomic mass is 16.4. The molecule has 1 fully saturated rings. The van der Waals surface area contributed by atoms with E-state index in [0.29, 0.717) is 18.4 Å². The molecular formula is C15H21NO4.